The number of hydrogen-bond acceptors (Lipinski definition) is 6. The fourth-order valence-electron chi connectivity index (χ4n) is 3.73. The molecule has 8 nitrogen and oxygen atoms in total. The maximum absolute atomic E-state index is 13.0. The van der Waals surface area contributed by atoms with Crippen LogP contribution in [-0.2, 0) is 10.0 Å². The molecule has 0 aromatic carbocycles. The topological polar surface area (TPSA) is 87.9 Å². The van der Waals surface area contributed by atoms with Gasteiger partial charge in [-0.15, -0.1) is 11.3 Å². The number of carbonyl (C=O) groups excluding carboxylic acids is 1. The van der Waals surface area contributed by atoms with Crippen molar-refractivity contribution in [1.82, 2.24) is 23.8 Å². The lowest BCUT2D eigenvalue weighted by Gasteiger charge is -2.33. The van der Waals surface area contributed by atoms with Crippen molar-refractivity contribution in [3.8, 4) is 0 Å². The number of aromatic nitrogens is 3. The molecule has 1 aliphatic heterocycles. The van der Waals surface area contributed by atoms with Crippen LogP contribution in [0.2, 0.25) is 0 Å². The van der Waals surface area contributed by atoms with Gasteiger partial charge in [0.1, 0.15) is 5.56 Å². The highest BCUT2D eigenvalue weighted by atomic mass is 32.2. The highest BCUT2D eigenvalue weighted by molar-refractivity contribution is 7.89. The van der Waals surface area contributed by atoms with E-state index in [1.54, 1.807) is 15.5 Å². The van der Waals surface area contributed by atoms with Gasteiger partial charge in [0.2, 0.25) is 10.0 Å². The average Bonchev–Trinajstić information content (AvgIpc) is 3.24. The second-order valence-corrected chi connectivity index (χ2v) is 10.7. The summed E-state index contributed by atoms with van der Waals surface area (Å²) in [6.45, 7) is 8.74. The molecule has 0 spiro atoms. The van der Waals surface area contributed by atoms with Crippen LogP contribution >= 0.6 is 11.3 Å². The summed E-state index contributed by atoms with van der Waals surface area (Å²) in [5.41, 5.74) is 2.70. The van der Waals surface area contributed by atoms with E-state index in [-0.39, 0.29) is 19.0 Å². The Bertz CT molecular complexity index is 1200. The van der Waals surface area contributed by atoms with Crippen molar-refractivity contribution in [3.63, 3.8) is 0 Å². The molecule has 0 N–H and O–H groups in total. The number of sulfonamides is 1. The van der Waals surface area contributed by atoms with Crippen molar-refractivity contribution < 1.29 is 13.2 Å². The molecule has 4 heterocycles. The lowest BCUT2D eigenvalue weighted by Crippen LogP contribution is -2.50. The van der Waals surface area contributed by atoms with E-state index in [1.165, 1.54) is 21.8 Å². The average molecular weight is 434 g/mol. The van der Waals surface area contributed by atoms with Crippen LogP contribution in [0.15, 0.2) is 23.2 Å². The minimum Gasteiger partial charge on any atom is -0.336 e. The molecule has 0 atom stereocenters. The number of aryl methyl sites for hydroxylation is 4. The van der Waals surface area contributed by atoms with E-state index in [0.717, 1.165) is 21.1 Å². The first-order valence-corrected chi connectivity index (χ1v) is 11.6. The van der Waals surface area contributed by atoms with Gasteiger partial charge in [-0.25, -0.2) is 17.9 Å². The van der Waals surface area contributed by atoms with Gasteiger partial charge in [0, 0.05) is 47.3 Å². The molecule has 154 valence electrons. The van der Waals surface area contributed by atoms with Crippen molar-refractivity contribution in [1.29, 1.82) is 0 Å². The van der Waals surface area contributed by atoms with Crippen molar-refractivity contribution in [3.05, 3.63) is 45.0 Å². The Morgan fingerprint density at radius 3 is 2.38 bits per heavy atom. The van der Waals surface area contributed by atoms with Crippen molar-refractivity contribution >= 4 is 32.9 Å². The zero-order valence-electron chi connectivity index (χ0n) is 16.8. The Labute approximate surface area is 173 Å². The summed E-state index contributed by atoms with van der Waals surface area (Å²) in [6.07, 6.45) is 1.54. The molecule has 1 aliphatic rings. The Balaban J connectivity index is 1.53. The number of nitrogens with zero attached hydrogens (tertiary/aromatic N) is 5. The number of fused-ring (bicyclic) bond motifs is 1. The monoisotopic (exact) mass is 433 g/mol. The maximum Gasteiger partial charge on any atom is 0.259 e. The van der Waals surface area contributed by atoms with Gasteiger partial charge in [0.25, 0.3) is 5.91 Å². The molecule has 1 saturated heterocycles. The smallest absolute Gasteiger partial charge is 0.259 e. The summed E-state index contributed by atoms with van der Waals surface area (Å²) < 4.78 is 29.1. The van der Waals surface area contributed by atoms with Gasteiger partial charge in [0.15, 0.2) is 5.65 Å². The highest BCUT2D eigenvalue weighted by Crippen LogP contribution is 2.28. The second-order valence-electron chi connectivity index (χ2n) is 7.31. The minimum absolute atomic E-state index is 0.169. The van der Waals surface area contributed by atoms with E-state index in [1.807, 2.05) is 33.8 Å². The molecule has 0 bridgehead atoms. The Kier molecular flexibility index (Phi) is 4.96. The van der Waals surface area contributed by atoms with Crippen molar-refractivity contribution in [2.75, 3.05) is 26.2 Å². The van der Waals surface area contributed by atoms with E-state index >= 15 is 0 Å². The molecule has 0 radical (unpaired) electrons. The Hall–Kier alpha value is -2.30. The molecular formula is C19H23N5O3S2. The Morgan fingerprint density at radius 2 is 1.76 bits per heavy atom. The summed E-state index contributed by atoms with van der Waals surface area (Å²) in [5, 5.41) is 4.28. The first-order valence-electron chi connectivity index (χ1n) is 9.37. The SMILES string of the molecule is Cc1cc(C)n2ncc(C(=O)N3CCN(S(=O)(=O)c4cc(C)sc4C)CC3)c2n1. The minimum atomic E-state index is -3.54. The summed E-state index contributed by atoms with van der Waals surface area (Å²) >= 11 is 1.48. The summed E-state index contributed by atoms with van der Waals surface area (Å²) in [6, 6.07) is 3.63. The number of amides is 1. The number of rotatable bonds is 3. The maximum atomic E-state index is 13.0. The van der Waals surface area contributed by atoms with Gasteiger partial charge in [-0.1, -0.05) is 0 Å². The first kappa shape index (κ1) is 20.0. The predicted molar refractivity (Wildman–Crippen MR) is 111 cm³/mol. The standard InChI is InChI=1S/C19H23N5O3S2/c1-12-9-13(2)24-18(21-12)16(11-20-24)19(25)22-5-7-23(8-6-22)29(26,27)17-10-14(3)28-15(17)4/h9-11H,5-8H2,1-4H3. The predicted octanol–water partition coefficient (Wildman–Crippen LogP) is 2.17. The van der Waals surface area contributed by atoms with Crippen LogP contribution in [0.1, 0.15) is 31.5 Å². The second kappa shape index (κ2) is 7.19. The zero-order chi connectivity index (χ0) is 20.9. The summed E-state index contributed by atoms with van der Waals surface area (Å²) in [5.74, 6) is -0.169. The summed E-state index contributed by atoms with van der Waals surface area (Å²) in [4.78, 5) is 21.3. The fourth-order valence-corrected chi connectivity index (χ4v) is 6.67. The molecule has 10 heteroatoms. The molecule has 1 amide bonds. The van der Waals surface area contributed by atoms with Gasteiger partial charge in [-0.3, -0.25) is 4.79 Å². The summed E-state index contributed by atoms with van der Waals surface area (Å²) in [7, 11) is -3.54. The third kappa shape index (κ3) is 3.45. The molecule has 29 heavy (non-hydrogen) atoms. The number of piperazine rings is 1. The van der Waals surface area contributed by atoms with Crippen LogP contribution in [0, 0.1) is 27.7 Å². The molecule has 3 aromatic rings. The van der Waals surface area contributed by atoms with Crippen molar-refractivity contribution in [2.45, 2.75) is 32.6 Å². The molecule has 0 aliphatic carbocycles. The quantitative estimate of drug-likeness (QED) is 0.632. The van der Waals surface area contributed by atoms with Crippen LogP contribution in [-0.4, -0.2) is 64.3 Å². The largest absolute Gasteiger partial charge is 0.336 e. The van der Waals surface area contributed by atoms with E-state index in [0.29, 0.717) is 29.2 Å². The van der Waals surface area contributed by atoms with Crippen LogP contribution < -0.4 is 0 Å². The third-order valence-corrected chi connectivity index (χ3v) is 8.27. The number of hydrogen-bond donors (Lipinski definition) is 0. The number of thiophene rings is 1. The lowest BCUT2D eigenvalue weighted by atomic mass is 10.2. The molecular weight excluding hydrogens is 410 g/mol. The molecule has 3 aromatic heterocycles. The molecule has 0 unspecified atom stereocenters. The van der Waals surface area contributed by atoms with Crippen LogP contribution in [0.4, 0.5) is 0 Å². The van der Waals surface area contributed by atoms with Gasteiger partial charge in [-0.2, -0.15) is 9.40 Å². The third-order valence-electron chi connectivity index (χ3n) is 5.15. The normalized spacial score (nSPS) is 15.9. The van der Waals surface area contributed by atoms with E-state index in [9.17, 15) is 13.2 Å². The zero-order valence-corrected chi connectivity index (χ0v) is 18.5. The van der Waals surface area contributed by atoms with Crippen LogP contribution in [0.5, 0.6) is 0 Å². The molecule has 1 fully saturated rings. The van der Waals surface area contributed by atoms with Crippen LogP contribution in [0.3, 0.4) is 0 Å². The van der Waals surface area contributed by atoms with Crippen LogP contribution in [0.25, 0.3) is 5.65 Å². The molecule has 4 rings (SSSR count). The molecule has 0 saturated carbocycles. The van der Waals surface area contributed by atoms with Gasteiger partial charge in [0.05, 0.1) is 11.1 Å². The van der Waals surface area contributed by atoms with E-state index < -0.39 is 10.0 Å². The highest BCUT2D eigenvalue weighted by Gasteiger charge is 2.33. The van der Waals surface area contributed by atoms with Gasteiger partial charge < -0.3 is 4.90 Å². The fraction of sp³-hybridized carbons (Fsp3) is 0.421. The first-order chi connectivity index (χ1) is 13.7. The van der Waals surface area contributed by atoms with Gasteiger partial charge >= 0.3 is 0 Å². The number of carbonyl (C=O) groups is 1. The Morgan fingerprint density at radius 1 is 1.07 bits per heavy atom. The van der Waals surface area contributed by atoms with E-state index in [4.69, 9.17) is 0 Å². The van der Waals surface area contributed by atoms with Crippen molar-refractivity contribution in [2.24, 2.45) is 0 Å². The lowest BCUT2D eigenvalue weighted by molar-refractivity contribution is 0.0699. The van der Waals surface area contributed by atoms with E-state index in [2.05, 4.69) is 10.1 Å². The van der Waals surface area contributed by atoms with Gasteiger partial charge in [-0.05, 0) is 39.8 Å².